The molecular weight excluding hydrogens is 500 g/mol. The Morgan fingerprint density at radius 1 is 1.00 bits per heavy atom. The van der Waals surface area contributed by atoms with E-state index in [9.17, 15) is 24.6 Å². The summed E-state index contributed by atoms with van der Waals surface area (Å²) in [5.74, 6) is -0.122. The van der Waals surface area contributed by atoms with Gasteiger partial charge in [-0.15, -0.1) is 0 Å². The maximum atomic E-state index is 12.8. The second kappa shape index (κ2) is 11.6. The molecule has 11 atom stereocenters. The van der Waals surface area contributed by atoms with Gasteiger partial charge >= 0.3 is 12.1 Å². The van der Waals surface area contributed by atoms with Gasteiger partial charge in [0.05, 0.1) is 12.2 Å². The van der Waals surface area contributed by atoms with Gasteiger partial charge in [-0.2, -0.15) is 0 Å². The van der Waals surface area contributed by atoms with Crippen molar-refractivity contribution in [1.82, 2.24) is 10.6 Å². The number of nitrogens with one attached hydrogen (secondary N) is 2. The van der Waals surface area contributed by atoms with Crippen molar-refractivity contribution in [3.8, 4) is 0 Å². The fourth-order valence-electron chi connectivity index (χ4n) is 9.46. The predicted molar refractivity (Wildman–Crippen MR) is 146 cm³/mol. The lowest BCUT2D eigenvalue weighted by molar-refractivity contribution is -0.206. The Labute approximate surface area is 232 Å². The fraction of sp³-hybridized carbons (Fsp3) is 0.900. The van der Waals surface area contributed by atoms with Gasteiger partial charge in [0.15, 0.2) is 0 Å². The molecule has 4 rings (SSSR count). The number of aliphatic hydroxyl groups is 2. The van der Waals surface area contributed by atoms with E-state index in [1.54, 1.807) is 0 Å². The zero-order valence-electron chi connectivity index (χ0n) is 24.3. The zero-order chi connectivity index (χ0) is 28.7. The third-order valence-electron chi connectivity index (χ3n) is 11.4. The number of rotatable bonds is 8. The highest BCUT2D eigenvalue weighted by atomic mass is 16.6. The monoisotopic (exact) mass is 550 g/mol. The molecule has 2 amide bonds. The summed E-state index contributed by atoms with van der Waals surface area (Å²) in [5, 5.41) is 36.5. The summed E-state index contributed by atoms with van der Waals surface area (Å²) in [7, 11) is 0. The van der Waals surface area contributed by atoms with Crippen LogP contribution in [0, 0.1) is 46.3 Å². The smallest absolute Gasteiger partial charge is 0.407 e. The van der Waals surface area contributed by atoms with Crippen LogP contribution in [0.1, 0.15) is 92.4 Å². The van der Waals surface area contributed by atoms with Crippen molar-refractivity contribution < 1.29 is 34.4 Å². The number of aliphatic carboxylic acids is 1. The van der Waals surface area contributed by atoms with Crippen LogP contribution in [0.2, 0.25) is 0 Å². The van der Waals surface area contributed by atoms with Crippen LogP contribution in [-0.4, -0.2) is 64.2 Å². The van der Waals surface area contributed by atoms with Gasteiger partial charge in [0, 0.05) is 18.4 Å². The first-order valence-corrected chi connectivity index (χ1v) is 15.1. The highest BCUT2D eigenvalue weighted by Crippen LogP contribution is 2.68. The van der Waals surface area contributed by atoms with E-state index in [2.05, 4.69) is 31.4 Å². The van der Waals surface area contributed by atoms with Crippen molar-refractivity contribution in [2.75, 3.05) is 6.54 Å². The number of aliphatic hydroxyl groups excluding tert-OH is 2. The molecule has 0 aromatic carbocycles. The van der Waals surface area contributed by atoms with Gasteiger partial charge in [0.25, 0.3) is 0 Å². The minimum absolute atomic E-state index is 0.00742. The van der Waals surface area contributed by atoms with Crippen LogP contribution in [0.15, 0.2) is 0 Å². The first kappa shape index (κ1) is 30.1. The van der Waals surface area contributed by atoms with Crippen molar-refractivity contribution in [3.05, 3.63) is 0 Å². The number of carboxylic acid groups (broad SMARTS) is 1. The SMILES string of the molecule is CC(C)NC(=O)O[C@@H]1C[C@@H]2C[C@H](O)CC[C@]2(C)[C@H]2C[C@H](O)[C@]3(C)[C@@H]([C@H](C)CCC(=O)NCC(=O)O)CC[C@H]3[C@H]12. The summed E-state index contributed by atoms with van der Waals surface area (Å²) in [6.07, 6.45) is 5.14. The van der Waals surface area contributed by atoms with Crippen molar-refractivity contribution in [1.29, 1.82) is 0 Å². The van der Waals surface area contributed by atoms with Crippen molar-refractivity contribution in [3.63, 3.8) is 0 Å². The molecule has 4 saturated carbocycles. The average molecular weight is 551 g/mol. The Morgan fingerprint density at radius 3 is 2.38 bits per heavy atom. The van der Waals surface area contributed by atoms with Crippen molar-refractivity contribution in [2.45, 2.75) is 117 Å². The number of carbonyl (C=O) groups is 3. The molecule has 0 aromatic heterocycles. The second-order valence-corrected chi connectivity index (χ2v) is 13.9. The zero-order valence-corrected chi connectivity index (χ0v) is 24.3. The van der Waals surface area contributed by atoms with Gasteiger partial charge in [-0.1, -0.05) is 20.8 Å². The van der Waals surface area contributed by atoms with Gasteiger partial charge in [0.1, 0.15) is 12.6 Å². The molecule has 0 spiro atoms. The van der Waals surface area contributed by atoms with Crippen molar-refractivity contribution >= 4 is 18.0 Å². The molecule has 0 aromatic rings. The molecule has 0 aliphatic heterocycles. The first-order valence-electron chi connectivity index (χ1n) is 15.1. The summed E-state index contributed by atoms with van der Waals surface area (Å²) in [4.78, 5) is 35.8. The number of fused-ring (bicyclic) bond motifs is 5. The van der Waals surface area contributed by atoms with Gasteiger partial charge < -0.3 is 30.7 Å². The van der Waals surface area contributed by atoms with Crippen molar-refractivity contribution in [2.24, 2.45) is 46.3 Å². The largest absolute Gasteiger partial charge is 0.480 e. The maximum Gasteiger partial charge on any atom is 0.407 e. The van der Waals surface area contributed by atoms with E-state index in [0.717, 1.165) is 32.1 Å². The summed E-state index contributed by atoms with van der Waals surface area (Å²) < 4.78 is 6.20. The molecule has 4 aliphatic carbocycles. The summed E-state index contributed by atoms with van der Waals surface area (Å²) in [6.45, 7) is 10.2. The summed E-state index contributed by atoms with van der Waals surface area (Å²) in [6, 6.07) is -0.0264. The third kappa shape index (κ3) is 5.81. The van der Waals surface area contributed by atoms with E-state index >= 15 is 0 Å². The van der Waals surface area contributed by atoms with E-state index < -0.39 is 18.2 Å². The second-order valence-electron chi connectivity index (χ2n) is 13.9. The number of alkyl carbamates (subject to hydrolysis) is 1. The molecule has 0 saturated heterocycles. The van der Waals surface area contributed by atoms with Crippen LogP contribution in [0.4, 0.5) is 4.79 Å². The van der Waals surface area contributed by atoms with Crippen LogP contribution in [-0.2, 0) is 14.3 Å². The molecule has 0 unspecified atom stereocenters. The van der Waals surface area contributed by atoms with E-state index in [4.69, 9.17) is 9.84 Å². The lowest BCUT2D eigenvalue weighted by Crippen LogP contribution is -2.63. The average Bonchev–Trinajstić information content (AvgIpc) is 3.20. The highest BCUT2D eigenvalue weighted by Gasteiger charge is 2.66. The molecule has 5 N–H and O–H groups in total. The Balaban J connectivity index is 1.57. The third-order valence-corrected chi connectivity index (χ3v) is 11.4. The normalized spacial score (nSPS) is 42.1. The van der Waals surface area contributed by atoms with Crippen LogP contribution in [0.5, 0.6) is 0 Å². The number of carboxylic acids is 1. The topological polar surface area (TPSA) is 145 Å². The van der Waals surface area contributed by atoms with Crippen LogP contribution < -0.4 is 10.6 Å². The van der Waals surface area contributed by atoms with Gasteiger partial charge in [-0.25, -0.2) is 4.79 Å². The predicted octanol–water partition coefficient (Wildman–Crippen LogP) is 3.71. The quantitative estimate of drug-likeness (QED) is 0.310. The molecule has 39 heavy (non-hydrogen) atoms. The van der Waals surface area contributed by atoms with Crippen LogP contribution in [0.3, 0.4) is 0 Å². The lowest BCUT2D eigenvalue weighted by Gasteiger charge is -2.63. The number of ether oxygens (including phenoxy) is 1. The Kier molecular flexibility index (Phi) is 8.91. The Morgan fingerprint density at radius 2 is 1.72 bits per heavy atom. The van der Waals surface area contributed by atoms with Crippen LogP contribution in [0.25, 0.3) is 0 Å². The molecule has 0 bridgehead atoms. The molecule has 4 aliphatic rings. The number of amides is 2. The van der Waals surface area contributed by atoms with E-state index in [1.165, 1.54) is 0 Å². The molecule has 0 heterocycles. The molecular formula is C30H50N2O7. The van der Waals surface area contributed by atoms with E-state index in [0.29, 0.717) is 19.3 Å². The first-order chi connectivity index (χ1) is 18.3. The molecule has 9 heteroatoms. The minimum atomic E-state index is -1.06. The highest BCUT2D eigenvalue weighted by molar-refractivity contribution is 5.81. The van der Waals surface area contributed by atoms with Gasteiger partial charge in [-0.05, 0) is 106 Å². The Hall–Kier alpha value is -1.87. The standard InChI is InChI=1S/C30H50N2O7/c1-16(2)32-28(38)39-23-13-18-12-19(33)10-11-29(18,4)22-14-24(34)30(5)20(7-8-21(30)27(22)23)17(3)6-9-25(35)31-15-26(36)37/h16-24,27,33-34H,6-15H2,1-5H3,(H,31,35)(H,32,38)(H,36,37)/t17-,18+,19-,20-,21+,22+,23-,24+,27+,29+,30-/m1/s1. The summed E-state index contributed by atoms with van der Waals surface area (Å²) >= 11 is 0. The summed E-state index contributed by atoms with van der Waals surface area (Å²) in [5.41, 5.74) is -0.363. The number of hydrogen-bond acceptors (Lipinski definition) is 6. The minimum Gasteiger partial charge on any atom is -0.480 e. The molecule has 4 fully saturated rings. The van der Waals surface area contributed by atoms with E-state index in [1.807, 2.05) is 13.8 Å². The number of carbonyl (C=O) groups excluding carboxylic acids is 2. The fourth-order valence-corrected chi connectivity index (χ4v) is 9.46. The van der Waals surface area contributed by atoms with E-state index in [-0.39, 0.29) is 83.5 Å². The van der Waals surface area contributed by atoms with Crippen LogP contribution >= 0.6 is 0 Å². The van der Waals surface area contributed by atoms with Gasteiger partial charge in [0.2, 0.25) is 5.91 Å². The Bertz CT molecular complexity index is 927. The molecule has 222 valence electrons. The maximum absolute atomic E-state index is 12.8. The lowest BCUT2D eigenvalue weighted by atomic mass is 9.43. The molecule has 0 radical (unpaired) electrons. The van der Waals surface area contributed by atoms with Gasteiger partial charge in [-0.3, -0.25) is 9.59 Å². The number of hydrogen-bond donors (Lipinski definition) is 5. The molecule has 9 nitrogen and oxygen atoms in total.